The minimum Gasteiger partial charge on any atom is -0.497 e. The van der Waals surface area contributed by atoms with Gasteiger partial charge in [0.25, 0.3) is 0 Å². The molecule has 120 valence electrons. The highest BCUT2D eigenvalue weighted by Crippen LogP contribution is 2.46. The molecular formula is C18H14ClN3OS. The highest BCUT2D eigenvalue weighted by molar-refractivity contribution is 7.80. The Kier molecular flexibility index (Phi) is 2.94. The average Bonchev–Trinajstić information content (AvgIpc) is 3.07. The van der Waals surface area contributed by atoms with Gasteiger partial charge in [0.05, 0.1) is 30.2 Å². The number of thiocarbonyl (C=S) groups is 1. The number of nitrogens with zero attached hydrogens (tertiary/aromatic N) is 2. The molecule has 0 radical (unpaired) electrons. The van der Waals surface area contributed by atoms with E-state index in [4.69, 9.17) is 33.5 Å². The van der Waals surface area contributed by atoms with Crippen LogP contribution in [0, 0.1) is 0 Å². The van der Waals surface area contributed by atoms with Gasteiger partial charge in [-0.25, -0.2) is 4.98 Å². The summed E-state index contributed by atoms with van der Waals surface area (Å²) in [5, 5.41) is 4.21. The van der Waals surface area contributed by atoms with Crippen molar-refractivity contribution in [2.75, 3.05) is 7.11 Å². The van der Waals surface area contributed by atoms with Crippen LogP contribution in [0.3, 0.4) is 0 Å². The second-order valence-corrected chi connectivity index (χ2v) is 6.99. The van der Waals surface area contributed by atoms with Crippen LogP contribution in [-0.4, -0.2) is 21.6 Å². The van der Waals surface area contributed by atoms with Crippen LogP contribution in [0.15, 0.2) is 36.4 Å². The summed E-state index contributed by atoms with van der Waals surface area (Å²) in [4.78, 5) is 5.58. The molecule has 1 N–H and O–H groups in total. The van der Waals surface area contributed by atoms with Crippen LogP contribution < -0.4 is 10.1 Å². The molecule has 0 saturated heterocycles. The van der Waals surface area contributed by atoms with E-state index in [1.807, 2.05) is 36.4 Å². The van der Waals surface area contributed by atoms with Crippen LogP contribution in [0.2, 0.25) is 5.02 Å². The molecule has 5 rings (SSSR count). The zero-order chi connectivity index (χ0) is 16.4. The Bertz CT molecular complexity index is 1010. The van der Waals surface area contributed by atoms with Crippen molar-refractivity contribution in [3.05, 3.63) is 58.4 Å². The lowest BCUT2D eigenvalue weighted by Gasteiger charge is -2.20. The molecule has 1 aromatic heterocycles. The van der Waals surface area contributed by atoms with Gasteiger partial charge in [0, 0.05) is 22.2 Å². The normalized spacial score (nSPS) is 21.2. The van der Waals surface area contributed by atoms with Crippen LogP contribution in [0.4, 0.5) is 0 Å². The number of hydrogen-bond donors (Lipinski definition) is 1. The second kappa shape index (κ2) is 4.94. The van der Waals surface area contributed by atoms with Crippen molar-refractivity contribution in [2.24, 2.45) is 0 Å². The monoisotopic (exact) mass is 355 g/mol. The summed E-state index contributed by atoms with van der Waals surface area (Å²) in [5.41, 5.74) is 4.13. The summed E-state index contributed by atoms with van der Waals surface area (Å²) in [5.74, 6) is 1.84. The maximum absolute atomic E-state index is 6.57. The van der Waals surface area contributed by atoms with Crippen LogP contribution >= 0.6 is 23.8 Å². The molecule has 4 nitrogen and oxygen atoms in total. The lowest BCUT2D eigenvalue weighted by molar-refractivity contribution is 0.415. The van der Waals surface area contributed by atoms with Crippen LogP contribution in [-0.2, 0) is 0 Å². The van der Waals surface area contributed by atoms with E-state index >= 15 is 0 Å². The Morgan fingerprint density at radius 2 is 2.21 bits per heavy atom. The highest BCUT2D eigenvalue weighted by atomic mass is 35.5. The number of benzene rings is 2. The molecular weight excluding hydrogens is 342 g/mol. The fourth-order valence-corrected chi connectivity index (χ4v) is 4.53. The van der Waals surface area contributed by atoms with Gasteiger partial charge in [-0.3, -0.25) is 0 Å². The van der Waals surface area contributed by atoms with E-state index in [9.17, 15) is 0 Å². The molecule has 6 heteroatoms. The zero-order valence-corrected chi connectivity index (χ0v) is 14.5. The SMILES string of the molecule is COc1ccc2nc3n(c2c1)[C@H]1C[C@H]3NC(=S)c2cccc(Cl)c21. The third-order valence-electron chi connectivity index (χ3n) is 4.94. The Balaban J connectivity index is 1.83. The van der Waals surface area contributed by atoms with Gasteiger partial charge < -0.3 is 14.6 Å². The fraction of sp³-hybridized carbons (Fsp3) is 0.222. The first kappa shape index (κ1) is 14.3. The quantitative estimate of drug-likeness (QED) is 0.669. The largest absolute Gasteiger partial charge is 0.497 e. The van der Waals surface area contributed by atoms with Crippen molar-refractivity contribution in [3.63, 3.8) is 0 Å². The van der Waals surface area contributed by atoms with Gasteiger partial charge in [0.15, 0.2) is 0 Å². The summed E-state index contributed by atoms with van der Waals surface area (Å²) < 4.78 is 7.67. The number of ether oxygens (including phenoxy) is 1. The average molecular weight is 356 g/mol. The smallest absolute Gasteiger partial charge is 0.133 e. The van der Waals surface area contributed by atoms with E-state index in [1.165, 1.54) is 0 Å². The molecule has 2 aliphatic rings. The molecule has 0 amide bonds. The molecule has 0 unspecified atom stereocenters. The van der Waals surface area contributed by atoms with E-state index in [0.717, 1.165) is 50.2 Å². The predicted octanol–water partition coefficient (Wildman–Crippen LogP) is 4.01. The molecule has 0 fully saturated rings. The van der Waals surface area contributed by atoms with E-state index in [2.05, 4.69) is 9.88 Å². The highest BCUT2D eigenvalue weighted by Gasteiger charge is 2.40. The minimum atomic E-state index is 0.101. The number of halogens is 1. The van der Waals surface area contributed by atoms with Crippen molar-refractivity contribution >= 4 is 39.8 Å². The standard InChI is InChI=1S/C18H14ClN3OS/c1-23-9-5-6-12-14(7-9)22-15-8-13(17(22)20-12)21-18(24)10-3-2-4-11(19)16(10)15/h2-7,13,15H,8H2,1H3,(H,21,24)/t13-,15+/m1/s1. The lowest BCUT2D eigenvalue weighted by Crippen LogP contribution is -2.27. The van der Waals surface area contributed by atoms with Crippen molar-refractivity contribution in [1.29, 1.82) is 0 Å². The number of imidazole rings is 1. The van der Waals surface area contributed by atoms with Gasteiger partial charge >= 0.3 is 0 Å². The Morgan fingerprint density at radius 3 is 3.04 bits per heavy atom. The summed E-state index contributed by atoms with van der Waals surface area (Å²) >= 11 is 12.2. The van der Waals surface area contributed by atoms with Crippen LogP contribution in [0.5, 0.6) is 5.75 Å². The van der Waals surface area contributed by atoms with E-state index in [1.54, 1.807) is 7.11 Å². The maximum atomic E-state index is 6.57. The number of fused-ring (bicyclic) bond motifs is 9. The molecule has 2 bridgehead atoms. The van der Waals surface area contributed by atoms with Crippen molar-refractivity contribution in [3.8, 4) is 5.75 Å². The molecule has 2 aliphatic heterocycles. The van der Waals surface area contributed by atoms with Gasteiger partial charge in [-0.2, -0.15) is 0 Å². The topological polar surface area (TPSA) is 39.1 Å². The molecule has 3 heterocycles. The first-order valence-electron chi connectivity index (χ1n) is 7.82. The lowest BCUT2D eigenvalue weighted by atomic mass is 9.99. The molecule has 2 aromatic carbocycles. The van der Waals surface area contributed by atoms with E-state index in [0.29, 0.717) is 0 Å². The number of rotatable bonds is 1. The van der Waals surface area contributed by atoms with Gasteiger partial charge in [0.1, 0.15) is 16.6 Å². The third kappa shape index (κ3) is 1.79. The van der Waals surface area contributed by atoms with Crippen molar-refractivity contribution in [1.82, 2.24) is 14.9 Å². The first-order valence-corrected chi connectivity index (χ1v) is 8.61. The van der Waals surface area contributed by atoms with E-state index in [-0.39, 0.29) is 12.1 Å². The molecule has 0 aliphatic carbocycles. The van der Waals surface area contributed by atoms with Crippen LogP contribution in [0.1, 0.15) is 35.5 Å². The van der Waals surface area contributed by atoms with Gasteiger partial charge in [-0.05, 0) is 24.6 Å². The van der Waals surface area contributed by atoms with Gasteiger partial charge in [-0.15, -0.1) is 0 Å². The number of nitrogens with one attached hydrogen (secondary N) is 1. The van der Waals surface area contributed by atoms with Crippen molar-refractivity contribution in [2.45, 2.75) is 18.5 Å². The fourth-order valence-electron chi connectivity index (χ4n) is 3.91. The summed E-state index contributed by atoms with van der Waals surface area (Å²) in [7, 11) is 1.68. The Labute approximate surface area is 149 Å². The molecule has 2 atom stereocenters. The summed E-state index contributed by atoms with van der Waals surface area (Å²) in [6.07, 6.45) is 0.895. The molecule has 3 aromatic rings. The Hall–Kier alpha value is -2.11. The summed E-state index contributed by atoms with van der Waals surface area (Å²) in [6, 6.07) is 12.1. The maximum Gasteiger partial charge on any atom is 0.133 e. The molecule has 0 saturated carbocycles. The minimum absolute atomic E-state index is 0.101. The second-order valence-electron chi connectivity index (χ2n) is 6.17. The zero-order valence-electron chi connectivity index (χ0n) is 12.9. The predicted molar refractivity (Wildman–Crippen MR) is 98.1 cm³/mol. The first-order chi connectivity index (χ1) is 11.7. The summed E-state index contributed by atoms with van der Waals surface area (Å²) in [6.45, 7) is 0. The number of aromatic nitrogens is 2. The van der Waals surface area contributed by atoms with Gasteiger partial charge in [-0.1, -0.05) is 36.0 Å². The molecule has 0 spiro atoms. The number of hydrogen-bond acceptors (Lipinski definition) is 3. The van der Waals surface area contributed by atoms with Crippen molar-refractivity contribution < 1.29 is 4.74 Å². The Morgan fingerprint density at radius 1 is 1.33 bits per heavy atom. The third-order valence-corrected chi connectivity index (χ3v) is 5.61. The van der Waals surface area contributed by atoms with Gasteiger partial charge in [0.2, 0.25) is 0 Å². The molecule has 24 heavy (non-hydrogen) atoms. The van der Waals surface area contributed by atoms with E-state index < -0.39 is 0 Å². The number of methoxy groups -OCH3 is 1. The van der Waals surface area contributed by atoms with Crippen LogP contribution in [0.25, 0.3) is 11.0 Å².